The monoisotopic (exact) mass is 440 g/mol. The van der Waals surface area contributed by atoms with Gasteiger partial charge in [-0.1, -0.05) is 11.6 Å². The summed E-state index contributed by atoms with van der Waals surface area (Å²) in [6.45, 7) is 0. The second kappa shape index (κ2) is 9.88. The number of ether oxygens (including phenoxy) is 2. The van der Waals surface area contributed by atoms with Gasteiger partial charge in [-0.25, -0.2) is 4.98 Å². The first-order valence-corrected chi connectivity index (χ1v) is 10.8. The van der Waals surface area contributed by atoms with Crippen LogP contribution in [-0.4, -0.2) is 24.1 Å². The predicted octanol–water partition coefficient (Wildman–Crippen LogP) is 5.90. The predicted molar refractivity (Wildman–Crippen MR) is 120 cm³/mol. The van der Waals surface area contributed by atoms with Gasteiger partial charge in [-0.2, -0.15) is 0 Å². The van der Waals surface area contributed by atoms with Gasteiger partial charge < -0.3 is 19.2 Å². The summed E-state index contributed by atoms with van der Waals surface area (Å²) in [5, 5.41) is 3.58. The third-order valence-electron chi connectivity index (χ3n) is 5.29. The molecule has 162 valence electrons. The van der Waals surface area contributed by atoms with Crippen molar-refractivity contribution in [3.63, 3.8) is 0 Å². The Kier molecular flexibility index (Phi) is 6.77. The molecule has 1 aliphatic rings. The number of nitrogens with one attached hydrogen (secondary N) is 1. The van der Waals surface area contributed by atoms with Crippen LogP contribution in [0.25, 0.3) is 11.3 Å². The second-order valence-electron chi connectivity index (χ2n) is 7.56. The number of carbonyl (C=O) groups is 1. The van der Waals surface area contributed by atoms with E-state index in [1.54, 1.807) is 25.4 Å². The van der Waals surface area contributed by atoms with Gasteiger partial charge in [0.05, 0.1) is 19.4 Å². The summed E-state index contributed by atoms with van der Waals surface area (Å²) in [5.41, 5.74) is 1.56. The van der Waals surface area contributed by atoms with E-state index >= 15 is 0 Å². The quantitative estimate of drug-likeness (QED) is 0.472. The molecule has 7 heteroatoms. The largest absolute Gasteiger partial charge is 0.493 e. The number of anilines is 1. The highest BCUT2D eigenvalue weighted by atomic mass is 35.5. The normalized spacial score (nSPS) is 13.9. The molecular weight excluding hydrogens is 416 g/mol. The van der Waals surface area contributed by atoms with E-state index in [0.717, 1.165) is 18.4 Å². The molecule has 1 amide bonds. The number of benzene rings is 2. The summed E-state index contributed by atoms with van der Waals surface area (Å²) < 4.78 is 17.3. The molecule has 0 saturated heterocycles. The van der Waals surface area contributed by atoms with E-state index in [0.29, 0.717) is 40.3 Å². The van der Waals surface area contributed by atoms with E-state index < -0.39 is 0 Å². The zero-order valence-corrected chi connectivity index (χ0v) is 18.2. The zero-order valence-electron chi connectivity index (χ0n) is 17.4. The summed E-state index contributed by atoms with van der Waals surface area (Å²) in [5.74, 6) is 2.37. The van der Waals surface area contributed by atoms with Crippen LogP contribution in [0.3, 0.4) is 0 Å². The van der Waals surface area contributed by atoms with E-state index in [2.05, 4.69) is 10.3 Å². The molecule has 1 saturated carbocycles. The average molecular weight is 441 g/mol. The molecule has 1 N–H and O–H groups in total. The summed E-state index contributed by atoms with van der Waals surface area (Å²) in [7, 11) is 1.61. The fourth-order valence-corrected chi connectivity index (χ4v) is 3.78. The molecule has 1 aromatic heterocycles. The molecule has 0 bridgehead atoms. The molecule has 1 heterocycles. The Labute approximate surface area is 186 Å². The highest BCUT2D eigenvalue weighted by molar-refractivity contribution is 6.30. The van der Waals surface area contributed by atoms with Gasteiger partial charge in [0.25, 0.3) is 0 Å². The standard InChI is InChI=1S/C24H25ClN2O4/c1-29-20-11-10-18(14-21(20)30-19-4-2-3-5-19)27-23(28)12-13-24-26-15-22(31-24)16-6-8-17(25)9-7-16/h6-11,14-15,19H,2-5,12-13H2,1H3,(H,27,28). The molecule has 3 aromatic rings. The molecule has 0 spiro atoms. The third-order valence-corrected chi connectivity index (χ3v) is 5.54. The van der Waals surface area contributed by atoms with Crippen molar-refractivity contribution < 1.29 is 18.7 Å². The minimum Gasteiger partial charge on any atom is -0.493 e. The van der Waals surface area contributed by atoms with Crippen LogP contribution in [0.2, 0.25) is 5.02 Å². The number of methoxy groups -OCH3 is 1. The summed E-state index contributed by atoms with van der Waals surface area (Å²) >= 11 is 5.92. The fraction of sp³-hybridized carbons (Fsp3) is 0.333. The van der Waals surface area contributed by atoms with Crippen LogP contribution in [-0.2, 0) is 11.2 Å². The number of aryl methyl sites for hydroxylation is 1. The SMILES string of the molecule is COc1ccc(NC(=O)CCc2ncc(-c3ccc(Cl)cc3)o2)cc1OC1CCCC1. The lowest BCUT2D eigenvalue weighted by molar-refractivity contribution is -0.116. The minimum atomic E-state index is -0.122. The van der Waals surface area contributed by atoms with Crippen molar-refractivity contribution in [2.45, 2.75) is 44.6 Å². The number of carbonyl (C=O) groups excluding carboxylic acids is 1. The van der Waals surface area contributed by atoms with Crippen LogP contribution in [0.1, 0.15) is 38.0 Å². The number of rotatable bonds is 8. The van der Waals surface area contributed by atoms with Gasteiger partial charge >= 0.3 is 0 Å². The fourth-order valence-electron chi connectivity index (χ4n) is 3.65. The molecule has 4 rings (SSSR count). The Morgan fingerprint density at radius 1 is 1.16 bits per heavy atom. The van der Waals surface area contributed by atoms with Crippen LogP contribution in [0, 0.1) is 0 Å². The summed E-state index contributed by atoms with van der Waals surface area (Å²) in [6.07, 6.45) is 6.99. The van der Waals surface area contributed by atoms with Crippen LogP contribution in [0.15, 0.2) is 53.1 Å². The maximum absolute atomic E-state index is 12.4. The number of halogens is 1. The smallest absolute Gasteiger partial charge is 0.224 e. The van der Waals surface area contributed by atoms with Gasteiger partial charge in [-0.15, -0.1) is 0 Å². The Hall–Kier alpha value is -2.99. The number of aromatic nitrogens is 1. The molecule has 31 heavy (non-hydrogen) atoms. The van der Waals surface area contributed by atoms with Gasteiger partial charge in [0, 0.05) is 35.2 Å². The maximum atomic E-state index is 12.4. The van der Waals surface area contributed by atoms with Crippen LogP contribution < -0.4 is 14.8 Å². The molecule has 0 radical (unpaired) electrons. The van der Waals surface area contributed by atoms with Crippen molar-refractivity contribution in [2.24, 2.45) is 0 Å². The van der Waals surface area contributed by atoms with E-state index in [1.807, 2.05) is 30.3 Å². The number of hydrogen-bond donors (Lipinski definition) is 1. The first-order chi connectivity index (χ1) is 15.1. The van der Waals surface area contributed by atoms with Gasteiger partial charge in [0.1, 0.15) is 0 Å². The second-order valence-corrected chi connectivity index (χ2v) is 8.00. The third kappa shape index (κ3) is 5.58. The lowest BCUT2D eigenvalue weighted by Gasteiger charge is -2.17. The van der Waals surface area contributed by atoms with Crippen LogP contribution in [0.5, 0.6) is 11.5 Å². The zero-order chi connectivity index (χ0) is 21.6. The highest BCUT2D eigenvalue weighted by Gasteiger charge is 2.19. The number of nitrogens with zero attached hydrogens (tertiary/aromatic N) is 1. The van der Waals surface area contributed by atoms with Crippen molar-refractivity contribution in [1.82, 2.24) is 4.98 Å². The number of hydrogen-bond acceptors (Lipinski definition) is 5. The van der Waals surface area contributed by atoms with Crippen molar-refractivity contribution in [3.05, 3.63) is 59.6 Å². The summed E-state index contributed by atoms with van der Waals surface area (Å²) in [6, 6.07) is 12.8. The van der Waals surface area contributed by atoms with E-state index in [-0.39, 0.29) is 18.4 Å². The molecular formula is C24H25ClN2O4. The minimum absolute atomic E-state index is 0.122. The molecule has 0 atom stereocenters. The van der Waals surface area contributed by atoms with Crippen LogP contribution in [0.4, 0.5) is 5.69 Å². The topological polar surface area (TPSA) is 73.6 Å². The Balaban J connectivity index is 1.34. The number of amides is 1. The Bertz CT molecular complexity index is 1030. The highest BCUT2D eigenvalue weighted by Crippen LogP contribution is 2.34. The lowest BCUT2D eigenvalue weighted by atomic mass is 10.2. The molecule has 1 aliphatic carbocycles. The van der Waals surface area contributed by atoms with Crippen molar-refractivity contribution in [3.8, 4) is 22.8 Å². The van der Waals surface area contributed by atoms with Crippen molar-refractivity contribution in [2.75, 3.05) is 12.4 Å². The van der Waals surface area contributed by atoms with Crippen LogP contribution >= 0.6 is 11.6 Å². The van der Waals surface area contributed by atoms with Crippen molar-refractivity contribution in [1.29, 1.82) is 0 Å². The van der Waals surface area contributed by atoms with Gasteiger partial charge in [-0.3, -0.25) is 4.79 Å². The Morgan fingerprint density at radius 2 is 1.94 bits per heavy atom. The van der Waals surface area contributed by atoms with E-state index in [1.165, 1.54) is 12.8 Å². The molecule has 2 aromatic carbocycles. The first-order valence-electron chi connectivity index (χ1n) is 10.5. The van der Waals surface area contributed by atoms with Gasteiger partial charge in [0.15, 0.2) is 23.1 Å². The van der Waals surface area contributed by atoms with Crippen molar-refractivity contribution >= 4 is 23.2 Å². The first kappa shape index (κ1) is 21.2. The molecule has 0 unspecified atom stereocenters. The average Bonchev–Trinajstić information content (AvgIpc) is 3.45. The van der Waals surface area contributed by atoms with E-state index in [4.69, 9.17) is 25.5 Å². The lowest BCUT2D eigenvalue weighted by Crippen LogP contribution is -2.14. The number of oxazole rings is 1. The molecule has 1 fully saturated rings. The summed E-state index contributed by atoms with van der Waals surface area (Å²) in [4.78, 5) is 16.7. The maximum Gasteiger partial charge on any atom is 0.224 e. The van der Waals surface area contributed by atoms with Gasteiger partial charge in [0.2, 0.25) is 5.91 Å². The van der Waals surface area contributed by atoms with Gasteiger partial charge in [-0.05, 0) is 62.1 Å². The molecule has 6 nitrogen and oxygen atoms in total. The van der Waals surface area contributed by atoms with E-state index in [9.17, 15) is 4.79 Å². The molecule has 0 aliphatic heterocycles. The Morgan fingerprint density at radius 3 is 2.68 bits per heavy atom.